The van der Waals surface area contributed by atoms with E-state index >= 15 is 0 Å². The number of hydrogen-bond acceptors (Lipinski definition) is 3. The van der Waals surface area contributed by atoms with Gasteiger partial charge in [0.05, 0.1) is 18.1 Å². The minimum absolute atomic E-state index is 0.0667. The number of carbonyl (C=O) groups excluding carboxylic acids is 2. The third kappa shape index (κ3) is 2.15. The largest absolute Gasteiger partial charge is 0.346 e. The second kappa shape index (κ2) is 4.20. The van der Waals surface area contributed by atoms with E-state index in [4.69, 9.17) is 0 Å². The second-order valence-corrected chi connectivity index (χ2v) is 4.44. The molecule has 1 saturated heterocycles. The molecule has 2 amide bonds. The first-order valence-electron chi connectivity index (χ1n) is 5.51. The number of likely N-dealkylation sites (N-methyl/N-ethyl adjacent to an activating group) is 1. The van der Waals surface area contributed by atoms with E-state index in [1.165, 1.54) is 0 Å². The van der Waals surface area contributed by atoms with Crippen LogP contribution in [-0.4, -0.2) is 45.9 Å². The zero-order valence-electron chi connectivity index (χ0n) is 10.2. The molecule has 0 aromatic carbocycles. The molecule has 0 aliphatic carbocycles. The van der Waals surface area contributed by atoms with E-state index in [1.54, 1.807) is 36.8 Å². The lowest BCUT2D eigenvalue weighted by Gasteiger charge is -2.12. The van der Waals surface area contributed by atoms with Gasteiger partial charge in [0.25, 0.3) is 5.91 Å². The predicted molar refractivity (Wildman–Crippen MR) is 61.5 cm³/mol. The van der Waals surface area contributed by atoms with Gasteiger partial charge in [0, 0.05) is 27.1 Å². The second-order valence-electron chi connectivity index (χ2n) is 4.44. The molecule has 17 heavy (non-hydrogen) atoms. The summed E-state index contributed by atoms with van der Waals surface area (Å²) in [6.45, 7) is 2.36. The summed E-state index contributed by atoms with van der Waals surface area (Å²) in [5, 5.41) is 2.86. The summed E-state index contributed by atoms with van der Waals surface area (Å²) in [6, 6.07) is -0.103. The Morgan fingerprint density at radius 2 is 2.24 bits per heavy atom. The van der Waals surface area contributed by atoms with Crippen LogP contribution in [0.5, 0.6) is 0 Å². The van der Waals surface area contributed by atoms with Crippen molar-refractivity contribution < 1.29 is 9.59 Å². The van der Waals surface area contributed by atoms with Gasteiger partial charge in [-0.25, -0.2) is 4.98 Å². The third-order valence-corrected chi connectivity index (χ3v) is 3.01. The van der Waals surface area contributed by atoms with E-state index in [0.29, 0.717) is 24.4 Å². The molecule has 2 heterocycles. The minimum atomic E-state index is -0.171. The Labute approximate surface area is 99.6 Å². The lowest BCUT2D eigenvalue weighted by molar-refractivity contribution is -0.126. The van der Waals surface area contributed by atoms with Gasteiger partial charge in [-0.3, -0.25) is 9.59 Å². The topological polar surface area (TPSA) is 67.2 Å². The number of aryl methyl sites for hydroxylation is 2. The van der Waals surface area contributed by atoms with Crippen molar-refractivity contribution >= 4 is 11.8 Å². The first-order valence-corrected chi connectivity index (χ1v) is 5.51. The van der Waals surface area contributed by atoms with Crippen LogP contribution in [0.15, 0.2) is 6.33 Å². The molecule has 1 N–H and O–H groups in total. The van der Waals surface area contributed by atoms with Crippen molar-refractivity contribution in [2.45, 2.75) is 19.4 Å². The summed E-state index contributed by atoms with van der Waals surface area (Å²) >= 11 is 0. The molecule has 0 spiro atoms. The van der Waals surface area contributed by atoms with Gasteiger partial charge in [0.15, 0.2) is 0 Å². The summed E-state index contributed by atoms with van der Waals surface area (Å²) in [5.74, 6) is -0.104. The molecule has 0 bridgehead atoms. The number of likely N-dealkylation sites (tertiary alicyclic amines) is 1. The van der Waals surface area contributed by atoms with Crippen molar-refractivity contribution in [3.63, 3.8) is 0 Å². The van der Waals surface area contributed by atoms with Crippen LogP contribution >= 0.6 is 0 Å². The SMILES string of the molecule is Cc1ncn(C)c1C(=O)N[C@H]1CC(=O)N(C)C1. The maximum atomic E-state index is 12.0. The van der Waals surface area contributed by atoms with Crippen LogP contribution in [0.4, 0.5) is 0 Å². The zero-order valence-corrected chi connectivity index (χ0v) is 10.2. The van der Waals surface area contributed by atoms with E-state index < -0.39 is 0 Å². The summed E-state index contributed by atoms with van der Waals surface area (Å²) in [5.41, 5.74) is 1.25. The van der Waals surface area contributed by atoms with Crippen LogP contribution < -0.4 is 5.32 Å². The Bertz CT molecular complexity index is 447. The minimum Gasteiger partial charge on any atom is -0.346 e. The fraction of sp³-hybridized carbons (Fsp3) is 0.545. The van der Waals surface area contributed by atoms with Crippen molar-refractivity contribution in [2.24, 2.45) is 7.05 Å². The highest BCUT2D eigenvalue weighted by molar-refractivity contribution is 5.94. The van der Waals surface area contributed by atoms with E-state index in [0.717, 1.165) is 0 Å². The molecule has 1 fully saturated rings. The number of nitrogens with zero attached hydrogens (tertiary/aromatic N) is 3. The van der Waals surface area contributed by atoms with Crippen LogP contribution in [0.2, 0.25) is 0 Å². The van der Waals surface area contributed by atoms with Crippen LogP contribution in [0.25, 0.3) is 0 Å². The molecular formula is C11H16N4O2. The maximum absolute atomic E-state index is 12.0. The van der Waals surface area contributed by atoms with Gasteiger partial charge in [-0.15, -0.1) is 0 Å². The Morgan fingerprint density at radius 3 is 2.71 bits per heavy atom. The number of nitrogens with one attached hydrogen (secondary N) is 1. The summed E-state index contributed by atoms with van der Waals surface area (Å²) < 4.78 is 1.69. The number of carbonyl (C=O) groups is 2. The molecule has 2 rings (SSSR count). The Hall–Kier alpha value is -1.85. The molecule has 1 atom stereocenters. The number of hydrogen-bond donors (Lipinski definition) is 1. The van der Waals surface area contributed by atoms with Gasteiger partial charge in [-0.1, -0.05) is 0 Å². The molecule has 1 aliphatic heterocycles. The maximum Gasteiger partial charge on any atom is 0.270 e. The van der Waals surface area contributed by atoms with Crippen molar-refractivity contribution in [2.75, 3.05) is 13.6 Å². The highest BCUT2D eigenvalue weighted by atomic mass is 16.2. The molecule has 6 nitrogen and oxygen atoms in total. The average Bonchev–Trinajstić information content (AvgIpc) is 2.72. The van der Waals surface area contributed by atoms with Crippen molar-refractivity contribution in [3.8, 4) is 0 Å². The molecule has 0 saturated carbocycles. The van der Waals surface area contributed by atoms with Crippen molar-refractivity contribution in [3.05, 3.63) is 17.7 Å². The van der Waals surface area contributed by atoms with Gasteiger partial charge in [0.1, 0.15) is 5.69 Å². The van der Waals surface area contributed by atoms with Gasteiger partial charge in [-0.2, -0.15) is 0 Å². The summed E-state index contributed by atoms with van der Waals surface area (Å²) in [7, 11) is 3.52. The Morgan fingerprint density at radius 1 is 1.53 bits per heavy atom. The van der Waals surface area contributed by atoms with Crippen LogP contribution in [0, 0.1) is 6.92 Å². The quantitative estimate of drug-likeness (QED) is 0.766. The van der Waals surface area contributed by atoms with E-state index in [-0.39, 0.29) is 17.9 Å². The summed E-state index contributed by atoms with van der Waals surface area (Å²) in [6.07, 6.45) is 1.98. The molecule has 1 aliphatic rings. The molecule has 1 aromatic heterocycles. The molecule has 0 unspecified atom stereocenters. The van der Waals surface area contributed by atoms with E-state index in [2.05, 4.69) is 10.3 Å². The average molecular weight is 236 g/mol. The number of amides is 2. The van der Waals surface area contributed by atoms with Gasteiger partial charge < -0.3 is 14.8 Å². The fourth-order valence-corrected chi connectivity index (χ4v) is 2.09. The monoisotopic (exact) mass is 236 g/mol. The van der Waals surface area contributed by atoms with Crippen LogP contribution in [0.3, 0.4) is 0 Å². The number of imidazole rings is 1. The standard InChI is InChI=1S/C11H16N4O2/c1-7-10(15(3)6-12-7)11(17)13-8-4-9(16)14(2)5-8/h6,8H,4-5H2,1-3H3,(H,13,17)/t8-/m0/s1. The smallest absolute Gasteiger partial charge is 0.270 e. The van der Waals surface area contributed by atoms with Gasteiger partial charge >= 0.3 is 0 Å². The van der Waals surface area contributed by atoms with E-state index in [9.17, 15) is 9.59 Å². The Kier molecular flexibility index (Phi) is 2.87. The molecule has 0 radical (unpaired) electrons. The lowest BCUT2D eigenvalue weighted by atomic mass is 10.2. The fourth-order valence-electron chi connectivity index (χ4n) is 2.09. The molecule has 1 aromatic rings. The predicted octanol–water partition coefficient (Wildman–Crippen LogP) is -0.311. The number of aromatic nitrogens is 2. The highest BCUT2D eigenvalue weighted by Crippen LogP contribution is 2.10. The molecular weight excluding hydrogens is 220 g/mol. The van der Waals surface area contributed by atoms with Crippen LogP contribution in [-0.2, 0) is 11.8 Å². The normalized spacial score (nSPS) is 19.8. The third-order valence-electron chi connectivity index (χ3n) is 3.01. The van der Waals surface area contributed by atoms with Gasteiger partial charge in [-0.05, 0) is 6.92 Å². The molecule has 92 valence electrons. The molecule has 6 heteroatoms. The lowest BCUT2D eigenvalue weighted by Crippen LogP contribution is -2.37. The van der Waals surface area contributed by atoms with Crippen LogP contribution in [0.1, 0.15) is 22.6 Å². The van der Waals surface area contributed by atoms with Crippen molar-refractivity contribution in [1.29, 1.82) is 0 Å². The first kappa shape index (κ1) is 11.6. The zero-order chi connectivity index (χ0) is 12.6. The first-order chi connectivity index (χ1) is 7.99. The van der Waals surface area contributed by atoms with Gasteiger partial charge in [0.2, 0.25) is 5.91 Å². The summed E-state index contributed by atoms with van der Waals surface area (Å²) in [4.78, 5) is 29.1. The van der Waals surface area contributed by atoms with Crippen molar-refractivity contribution in [1.82, 2.24) is 19.8 Å². The number of rotatable bonds is 2. The Balaban J connectivity index is 2.06. The highest BCUT2D eigenvalue weighted by Gasteiger charge is 2.29. The van der Waals surface area contributed by atoms with E-state index in [1.807, 2.05) is 0 Å².